The molecule has 0 radical (unpaired) electrons. The number of amides is 1. The highest BCUT2D eigenvalue weighted by Crippen LogP contribution is 2.27. The first kappa shape index (κ1) is 23.4. The number of aryl methyl sites for hydroxylation is 2. The summed E-state index contributed by atoms with van der Waals surface area (Å²) in [5.41, 5.74) is 5.55. The quantitative estimate of drug-likeness (QED) is 0.375. The van der Waals surface area contributed by atoms with Crippen LogP contribution in [0.3, 0.4) is 0 Å². The van der Waals surface area contributed by atoms with Crippen LogP contribution in [0.25, 0.3) is 11.0 Å². The number of methoxy groups -OCH3 is 2. The van der Waals surface area contributed by atoms with Crippen LogP contribution in [-0.2, 0) is 24.2 Å². The van der Waals surface area contributed by atoms with Gasteiger partial charge < -0.3 is 19.4 Å². The van der Waals surface area contributed by atoms with Crippen molar-refractivity contribution in [2.75, 3.05) is 20.8 Å². The summed E-state index contributed by atoms with van der Waals surface area (Å²) in [7, 11) is 3.24. The van der Waals surface area contributed by atoms with Crippen molar-refractivity contribution in [1.29, 1.82) is 0 Å². The molecule has 34 heavy (non-hydrogen) atoms. The molecule has 0 bridgehead atoms. The molecule has 0 fully saturated rings. The van der Waals surface area contributed by atoms with Crippen LogP contribution >= 0.6 is 0 Å². The number of hydrogen-bond donors (Lipinski definition) is 1. The Labute approximate surface area is 200 Å². The molecule has 0 spiro atoms. The number of carbonyl (C=O) groups is 1. The average Bonchev–Trinajstić information content (AvgIpc) is 3.19. The number of benzene rings is 3. The van der Waals surface area contributed by atoms with Gasteiger partial charge in [0.05, 0.1) is 25.3 Å². The monoisotopic (exact) mass is 457 g/mol. The summed E-state index contributed by atoms with van der Waals surface area (Å²) in [6.45, 7) is 3.25. The predicted octanol–water partition coefficient (Wildman–Crippen LogP) is 4.70. The maximum atomic E-state index is 12.6. The van der Waals surface area contributed by atoms with Crippen LogP contribution in [0.2, 0.25) is 0 Å². The van der Waals surface area contributed by atoms with E-state index in [9.17, 15) is 4.79 Å². The predicted molar refractivity (Wildman–Crippen MR) is 135 cm³/mol. The third-order valence-corrected chi connectivity index (χ3v) is 5.92. The van der Waals surface area contributed by atoms with E-state index in [1.807, 2.05) is 36.4 Å². The molecule has 1 aromatic heterocycles. The van der Waals surface area contributed by atoms with Crippen molar-refractivity contribution in [2.24, 2.45) is 0 Å². The third-order valence-electron chi connectivity index (χ3n) is 5.92. The maximum Gasteiger partial charge on any atom is 0.221 e. The van der Waals surface area contributed by atoms with E-state index >= 15 is 0 Å². The fourth-order valence-electron chi connectivity index (χ4n) is 4.20. The zero-order chi connectivity index (χ0) is 23.9. The van der Waals surface area contributed by atoms with Gasteiger partial charge in [0.25, 0.3) is 0 Å². The lowest BCUT2D eigenvalue weighted by atomic mass is 10.1. The lowest BCUT2D eigenvalue weighted by Crippen LogP contribution is -2.26. The molecule has 1 N–H and O–H groups in total. The normalized spacial score (nSPS) is 10.9. The van der Waals surface area contributed by atoms with Crippen LogP contribution in [0.1, 0.15) is 28.9 Å². The summed E-state index contributed by atoms with van der Waals surface area (Å²) in [4.78, 5) is 17.5. The van der Waals surface area contributed by atoms with Crippen molar-refractivity contribution < 1.29 is 14.3 Å². The Bertz CT molecular complexity index is 1280. The molecule has 0 saturated carbocycles. The summed E-state index contributed by atoms with van der Waals surface area (Å²) in [5, 5.41) is 3.04. The Morgan fingerprint density at radius 3 is 2.56 bits per heavy atom. The standard InChI is InChI=1S/C28H31N3O3/c1-20-7-6-8-22(17-20)19-27-30-23-9-4-5-10-24(23)31(27)16-14-28(32)29-15-13-21-11-12-25(33-2)26(18-21)34-3/h4-12,17-18H,13-16,19H2,1-3H3,(H,29,32). The van der Waals surface area contributed by atoms with Crippen LogP contribution in [-0.4, -0.2) is 36.2 Å². The highest BCUT2D eigenvalue weighted by atomic mass is 16.5. The van der Waals surface area contributed by atoms with Crippen LogP contribution in [0.4, 0.5) is 0 Å². The summed E-state index contributed by atoms with van der Waals surface area (Å²) in [5.74, 6) is 2.40. The van der Waals surface area contributed by atoms with Gasteiger partial charge in [0.15, 0.2) is 11.5 Å². The molecule has 1 heterocycles. The van der Waals surface area contributed by atoms with E-state index < -0.39 is 0 Å². The summed E-state index contributed by atoms with van der Waals surface area (Å²) < 4.78 is 12.8. The zero-order valence-corrected chi connectivity index (χ0v) is 20.0. The summed E-state index contributed by atoms with van der Waals surface area (Å²) in [6.07, 6.45) is 1.85. The molecule has 0 atom stereocenters. The lowest BCUT2D eigenvalue weighted by molar-refractivity contribution is -0.121. The van der Waals surface area contributed by atoms with Crippen molar-refractivity contribution in [2.45, 2.75) is 32.7 Å². The van der Waals surface area contributed by atoms with Gasteiger partial charge in [0, 0.05) is 25.9 Å². The lowest BCUT2D eigenvalue weighted by Gasteiger charge is -2.11. The van der Waals surface area contributed by atoms with Gasteiger partial charge in [0.1, 0.15) is 5.82 Å². The van der Waals surface area contributed by atoms with E-state index in [4.69, 9.17) is 14.5 Å². The highest BCUT2D eigenvalue weighted by molar-refractivity contribution is 5.78. The first-order chi connectivity index (χ1) is 16.6. The molecule has 6 nitrogen and oxygen atoms in total. The Morgan fingerprint density at radius 1 is 0.941 bits per heavy atom. The molecular formula is C28H31N3O3. The fraction of sp³-hybridized carbons (Fsp3) is 0.286. The average molecular weight is 458 g/mol. The molecule has 3 aromatic carbocycles. The Hall–Kier alpha value is -3.80. The molecule has 4 rings (SSSR count). The van der Waals surface area contributed by atoms with E-state index in [2.05, 4.69) is 47.1 Å². The number of ether oxygens (including phenoxy) is 2. The van der Waals surface area contributed by atoms with Crippen LogP contribution in [0, 0.1) is 6.92 Å². The molecule has 0 aliphatic heterocycles. The van der Waals surface area contributed by atoms with Crippen molar-refractivity contribution in [1.82, 2.24) is 14.9 Å². The first-order valence-corrected chi connectivity index (χ1v) is 11.5. The topological polar surface area (TPSA) is 65.4 Å². The van der Waals surface area contributed by atoms with Gasteiger partial charge in [0.2, 0.25) is 5.91 Å². The second kappa shape index (κ2) is 10.9. The minimum atomic E-state index is 0.0276. The maximum absolute atomic E-state index is 12.6. The second-order valence-corrected chi connectivity index (χ2v) is 8.37. The van der Waals surface area contributed by atoms with E-state index in [1.165, 1.54) is 11.1 Å². The minimum Gasteiger partial charge on any atom is -0.493 e. The van der Waals surface area contributed by atoms with Crippen molar-refractivity contribution in [3.63, 3.8) is 0 Å². The number of carbonyl (C=O) groups excluding carboxylic acids is 1. The molecule has 0 aliphatic carbocycles. The van der Waals surface area contributed by atoms with E-state index in [-0.39, 0.29) is 5.91 Å². The van der Waals surface area contributed by atoms with Gasteiger partial charge in [-0.2, -0.15) is 0 Å². The Balaban J connectivity index is 1.38. The summed E-state index contributed by atoms with van der Waals surface area (Å²) >= 11 is 0. The number of nitrogens with one attached hydrogen (secondary N) is 1. The first-order valence-electron chi connectivity index (χ1n) is 11.5. The molecular weight excluding hydrogens is 426 g/mol. The Kier molecular flexibility index (Phi) is 7.48. The molecule has 1 amide bonds. The van der Waals surface area contributed by atoms with Crippen molar-refractivity contribution >= 4 is 16.9 Å². The van der Waals surface area contributed by atoms with E-state index in [0.717, 1.165) is 35.3 Å². The number of hydrogen-bond acceptors (Lipinski definition) is 4. The molecule has 176 valence electrons. The SMILES string of the molecule is COc1ccc(CCNC(=O)CCn2c(Cc3cccc(C)c3)nc3ccccc32)cc1OC. The van der Waals surface area contributed by atoms with Gasteiger partial charge in [-0.25, -0.2) is 4.98 Å². The molecule has 0 saturated heterocycles. The number of para-hydroxylation sites is 2. The largest absolute Gasteiger partial charge is 0.493 e. The number of fused-ring (bicyclic) bond motifs is 1. The van der Waals surface area contributed by atoms with Crippen LogP contribution in [0.5, 0.6) is 11.5 Å². The fourth-order valence-corrected chi connectivity index (χ4v) is 4.20. The number of aromatic nitrogens is 2. The zero-order valence-electron chi connectivity index (χ0n) is 20.0. The highest BCUT2D eigenvalue weighted by Gasteiger charge is 2.13. The van der Waals surface area contributed by atoms with Gasteiger partial charge in [-0.05, 0) is 48.7 Å². The number of rotatable bonds is 10. The molecule has 0 aliphatic rings. The van der Waals surface area contributed by atoms with Gasteiger partial charge in [-0.15, -0.1) is 0 Å². The van der Waals surface area contributed by atoms with Gasteiger partial charge in [-0.1, -0.05) is 48.0 Å². The van der Waals surface area contributed by atoms with Crippen LogP contribution in [0.15, 0.2) is 66.7 Å². The minimum absolute atomic E-state index is 0.0276. The number of imidazole rings is 1. The van der Waals surface area contributed by atoms with Crippen molar-refractivity contribution in [3.05, 3.63) is 89.2 Å². The van der Waals surface area contributed by atoms with Crippen LogP contribution < -0.4 is 14.8 Å². The Morgan fingerprint density at radius 2 is 1.76 bits per heavy atom. The van der Waals surface area contributed by atoms with Gasteiger partial charge >= 0.3 is 0 Å². The third kappa shape index (κ3) is 5.57. The number of nitrogens with zero attached hydrogens (tertiary/aromatic N) is 2. The van der Waals surface area contributed by atoms with E-state index in [0.29, 0.717) is 31.0 Å². The second-order valence-electron chi connectivity index (χ2n) is 8.37. The van der Waals surface area contributed by atoms with E-state index in [1.54, 1.807) is 14.2 Å². The smallest absolute Gasteiger partial charge is 0.221 e. The molecule has 0 unspecified atom stereocenters. The summed E-state index contributed by atoms with van der Waals surface area (Å²) in [6, 6.07) is 22.4. The molecule has 6 heteroatoms. The molecule has 4 aromatic rings. The van der Waals surface area contributed by atoms with Crippen molar-refractivity contribution in [3.8, 4) is 11.5 Å². The van der Waals surface area contributed by atoms with Gasteiger partial charge in [-0.3, -0.25) is 4.79 Å².